The summed E-state index contributed by atoms with van der Waals surface area (Å²) in [4.78, 5) is 14.2. The maximum Gasteiger partial charge on any atom is 0.253 e. The molecule has 18 heavy (non-hydrogen) atoms. The molecule has 2 nitrogen and oxygen atoms in total. The molecule has 1 aromatic carbocycles. The van der Waals surface area contributed by atoms with E-state index in [0.717, 1.165) is 25.9 Å². The van der Waals surface area contributed by atoms with Crippen LogP contribution in [-0.4, -0.2) is 29.8 Å². The smallest absolute Gasteiger partial charge is 0.253 e. The van der Waals surface area contributed by atoms with E-state index in [1.807, 2.05) is 4.90 Å². The van der Waals surface area contributed by atoms with Gasteiger partial charge >= 0.3 is 0 Å². The molecule has 0 bridgehead atoms. The van der Waals surface area contributed by atoms with Crippen LogP contribution in [0.2, 0.25) is 5.02 Å². The normalized spacial score (nSPS) is 19.9. The molecule has 1 unspecified atom stereocenters. The van der Waals surface area contributed by atoms with E-state index in [4.69, 9.17) is 23.2 Å². The van der Waals surface area contributed by atoms with Gasteiger partial charge in [0.25, 0.3) is 5.91 Å². The zero-order valence-electron chi connectivity index (χ0n) is 10.2. The minimum Gasteiger partial charge on any atom is -0.338 e. The number of piperidine rings is 1. The Bertz CT molecular complexity index is 403. The highest BCUT2D eigenvalue weighted by Crippen LogP contribution is 2.22. The molecular weight excluding hydrogens is 269 g/mol. The van der Waals surface area contributed by atoms with E-state index in [1.54, 1.807) is 24.3 Å². The number of amides is 1. The van der Waals surface area contributed by atoms with Crippen molar-refractivity contribution in [3.8, 4) is 0 Å². The molecule has 1 fully saturated rings. The third-order valence-corrected chi connectivity index (χ3v) is 3.88. The maximum atomic E-state index is 12.3. The molecule has 0 aliphatic carbocycles. The number of carbonyl (C=O) groups is 1. The first-order valence-electron chi connectivity index (χ1n) is 6.31. The molecule has 2 rings (SSSR count). The van der Waals surface area contributed by atoms with Crippen LogP contribution in [0.25, 0.3) is 0 Å². The van der Waals surface area contributed by atoms with Gasteiger partial charge in [-0.3, -0.25) is 4.79 Å². The SMILES string of the molecule is O=C(c1ccc(Cl)cc1)N1CCCC(CCCl)C1. The van der Waals surface area contributed by atoms with Crippen LogP contribution in [0.5, 0.6) is 0 Å². The Kier molecular flexibility index (Phi) is 4.90. The summed E-state index contributed by atoms with van der Waals surface area (Å²) in [6.45, 7) is 1.68. The third-order valence-electron chi connectivity index (χ3n) is 3.41. The number of nitrogens with zero attached hydrogens (tertiary/aromatic N) is 1. The van der Waals surface area contributed by atoms with Crippen LogP contribution in [0, 0.1) is 5.92 Å². The van der Waals surface area contributed by atoms with Crippen LogP contribution in [0.3, 0.4) is 0 Å². The highest BCUT2D eigenvalue weighted by atomic mass is 35.5. The van der Waals surface area contributed by atoms with Crippen LogP contribution in [0.4, 0.5) is 0 Å². The average molecular weight is 286 g/mol. The predicted molar refractivity (Wildman–Crippen MR) is 75.4 cm³/mol. The minimum atomic E-state index is 0.103. The van der Waals surface area contributed by atoms with Crippen molar-refractivity contribution in [2.24, 2.45) is 5.92 Å². The van der Waals surface area contributed by atoms with Crippen LogP contribution >= 0.6 is 23.2 Å². The summed E-state index contributed by atoms with van der Waals surface area (Å²) in [6, 6.07) is 7.09. The number of rotatable bonds is 3. The lowest BCUT2D eigenvalue weighted by Crippen LogP contribution is -2.40. The molecule has 1 amide bonds. The molecule has 0 aromatic heterocycles. The van der Waals surface area contributed by atoms with Gasteiger partial charge in [0.15, 0.2) is 0 Å². The minimum absolute atomic E-state index is 0.103. The summed E-state index contributed by atoms with van der Waals surface area (Å²) in [5, 5.41) is 0.658. The van der Waals surface area contributed by atoms with Crippen molar-refractivity contribution in [2.45, 2.75) is 19.3 Å². The van der Waals surface area contributed by atoms with Crippen molar-refractivity contribution in [3.63, 3.8) is 0 Å². The molecule has 0 spiro atoms. The van der Waals surface area contributed by atoms with Gasteiger partial charge in [-0.25, -0.2) is 0 Å². The van der Waals surface area contributed by atoms with E-state index in [2.05, 4.69) is 0 Å². The fourth-order valence-electron chi connectivity index (χ4n) is 2.41. The molecule has 1 heterocycles. The van der Waals surface area contributed by atoms with Crippen molar-refractivity contribution < 1.29 is 4.79 Å². The van der Waals surface area contributed by atoms with E-state index >= 15 is 0 Å². The fourth-order valence-corrected chi connectivity index (χ4v) is 2.85. The molecule has 98 valence electrons. The van der Waals surface area contributed by atoms with E-state index in [9.17, 15) is 4.79 Å². The van der Waals surface area contributed by atoms with Gasteiger partial charge in [0, 0.05) is 29.6 Å². The molecular formula is C14H17Cl2NO. The topological polar surface area (TPSA) is 20.3 Å². The zero-order chi connectivity index (χ0) is 13.0. The van der Waals surface area contributed by atoms with Crippen LogP contribution in [-0.2, 0) is 0 Å². The number of alkyl halides is 1. The summed E-state index contributed by atoms with van der Waals surface area (Å²) in [5.41, 5.74) is 0.714. The molecule has 1 aromatic rings. The molecule has 0 saturated carbocycles. The third kappa shape index (κ3) is 3.39. The zero-order valence-corrected chi connectivity index (χ0v) is 11.8. The predicted octanol–water partition coefficient (Wildman–Crippen LogP) is 3.82. The second kappa shape index (κ2) is 6.44. The summed E-state index contributed by atoms with van der Waals surface area (Å²) in [6.07, 6.45) is 3.24. The number of hydrogen-bond acceptors (Lipinski definition) is 1. The van der Waals surface area contributed by atoms with Crippen molar-refractivity contribution in [3.05, 3.63) is 34.9 Å². The second-order valence-electron chi connectivity index (χ2n) is 4.74. The Labute approximate surface area is 118 Å². The summed E-state index contributed by atoms with van der Waals surface area (Å²) in [7, 11) is 0. The number of carbonyl (C=O) groups excluding carboxylic acids is 1. The van der Waals surface area contributed by atoms with Gasteiger partial charge in [0.1, 0.15) is 0 Å². The second-order valence-corrected chi connectivity index (χ2v) is 5.56. The first-order chi connectivity index (χ1) is 8.70. The Balaban J connectivity index is 2.02. The van der Waals surface area contributed by atoms with E-state index in [0.29, 0.717) is 22.4 Å². The molecule has 0 N–H and O–H groups in total. The molecule has 0 radical (unpaired) electrons. The monoisotopic (exact) mass is 285 g/mol. The average Bonchev–Trinajstić information content (AvgIpc) is 2.39. The maximum absolute atomic E-state index is 12.3. The molecule has 1 saturated heterocycles. The number of halogens is 2. The van der Waals surface area contributed by atoms with Gasteiger partial charge in [-0.2, -0.15) is 0 Å². The van der Waals surface area contributed by atoms with Gasteiger partial charge < -0.3 is 4.90 Å². The fraction of sp³-hybridized carbons (Fsp3) is 0.500. The van der Waals surface area contributed by atoms with Crippen LogP contribution in [0.15, 0.2) is 24.3 Å². The van der Waals surface area contributed by atoms with Crippen molar-refractivity contribution in [2.75, 3.05) is 19.0 Å². The van der Waals surface area contributed by atoms with Gasteiger partial charge in [-0.15, -0.1) is 11.6 Å². The Morgan fingerprint density at radius 1 is 1.33 bits per heavy atom. The Morgan fingerprint density at radius 2 is 2.06 bits per heavy atom. The van der Waals surface area contributed by atoms with Crippen LogP contribution in [0.1, 0.15) is 29.6 Å². The lowest BCUT2D eigenvalue weighted by atomic mass is 9.95. The van der Waals surface area contributed by atoms with E-state index < -0.39 is 0 Å². The van der Waals surface area contributed by atoms with Gasteiger partial charge in [-0.1, -0.05) is 11.6 Å². The first-order valence-corrected chi connectivity index (χ1v) is 7.23. The number of benzene rings is 1. The van der Waals surface area contributed by atoms with Crippen molar-refractivity contribution >= 4 is 29.1 Å². The highest BCUT2D eigenvalue weighted by Gasteiger charge is 2.23. The Hall–Kier alpha value is -0.730. The highest BCUT2D eigenvalue weighted by molar-refractivity contribution is 6.30. The molecule has 1 aliphatic heterocycles. The Morgan fingerprint density at radius 3 is 2.72 bits per heavy atom. The van der Waals surface area contributed by atoms with Crippen molar-refractivity contribution in [1.29, 1.82) is 0 Å². The summed E-state index contributed by atoms with van der Waals surface area (Å²) < 4.78 is 0. The van der Waals surface area contributed by atoms with Gasteiger partial charge in [0.05, 0.1) is 0 Å². The summed E-state index contributed by atoms with van der Waals surface area (Å²) >= 11 is 11.6. The van der Waals surface area contributed by atoms with Gasteiger partial charge in [0.2, 0.25) is 0 Å². The summed E-state index contributed by atoms with van der Waals surface area (Å²) in [5.74, 6) is 1.33. The lowest BCUT2D eigenvalue weighted by molar-refractivity contribution is 0.0671. The molecule has 1 aliphatic rings. The van der Waals surface area contributed by atoms with E-state index in [1.165, 1.54) is 6.42 Å². The van der Waals surface area contributed by atoms with Gasteiger partial charge in [-0.05, 0) is 49.4 Å². The first kappa shape index (κ1) is 13.7. The van der Waals surface area contributed by atoms with Crippen molar-refractivity contribution in [1.82, 2.24) is 4.90 Å². The molecule has 4 heteroatoms. The molecule has 1 atom stereocenters. The standard InChI is InChI=1S/C14H17Cl2NO/c15-8-7-11-2-1-9-17(10-11)14(18)12-3-5-13(16)6-4-12/h3-6,11H,1-2,7-10H2. The lowest BCUT2D eigenvalue weighted by Gasteiger charge is -2.32. The number of hydrogen-bond donors (Lipinski definition) is 0. The number of likely N-dealkylation sites (tertiary alicyclic amines) is 1. The van der Waals surface area contributed by atoms with E-state index in [-0.39, 0.29) is 5.91 Å². The quantitative estimate of drug-likeness (QED) is 0.773. The van der Waals surface area contributed by atoms with Crippen LogP contribution < -0.4 is 0 Å². The largest absolute Gasteiger partial charge is 0.338 e.